The van der Waals surface area contributed by atoms with Crippen LogP contribution < -0.4 is 15.0 Å². The highest BCUT2D eigenvalue weighted by Gasteiger charge is 2.31. The molecule has 2 aromatic carbocycles. The van der Waals surface area contributed by atoms with Gasteiger partial charge in [-0.1, -0.05) is 58.9 Å². The Morgan fingerprint density at radius 3 is 1.78 bits per heavy atom. The number of aryl methyl sites for hydroxylation is 2. The molecule has 0 aromatic heterocycles. The SMILES string of the molecule is CCC(CC)(c1ccc(OCCNO)c(C)c1)c1ccc(OCC(O)C(C)(C)C)c(C)c1. The summed E-state index contributed by atoms with van der Waals surface area (Å²) in [5.41, 5.74) is 6.48. The standard InChI is InChI=1S/C27H41NO4/c1-8-27(9-2,21-10-12-23(19(3)16-21)31-15-14-28-30)22-11-13-24(20(4)17-22)32-18-25(29)26(5,6)7/h10-13,16-17,25,28-30H,8-9,14-15,18H2,1-7H3. The Bertz CT molecular complexity index is 868. The zero-order valence-electron chi connectivity index (χ0n) is 20.8. The molecule has 2 rings (SSSR count). The van der Waals surface area contributed by atoms with E-state index in [9.17, 15) is 5.11 Å². The van der Waals surface area contributed by atoms with Crippen LogP contribution in [0, 0.1) is 19.3 Å². The van der Waals surface area contributed by atoms with Gasteiger partial charge in [0, 0.05) is 5.41 Å². The molecule has 178 valence electrons. The lowest BCUT2D eigenvalue weighted by molar-refractivity contribution is 0.0216. The number of aliphatic hydroxyl groups is 1. The van der Waals surface area contributed by atoms with Crippen LogP contribution in [-0.2, 0) is 5.41 Å². The van der Waals surface area contributed by atoms with E-state index in [0.29, 0.717) is 13.2 Å². The molecular formula is C27H41NO4. The first-order valence-electron chi connectivity index (χ1n) is 11.6. The number of hydroxylamine groups is 1. The van der Waals surface area contributed by atoms with Crippen LogP contribution in [-0.4, -0.2) is 36.2 Å². The Morgan fingerprint density at radius 2 is 1.38 bits per heavy atom. The van der Waals surface area contributed by atoms with Gasteiger partial charge in [0.25, 0.3) is 0 Å². The number of rotatable bonds is 11. The van der Waals surface area contributed by atoms with Crippen LogP contribution in [0.3, 0.4) is 0 Å². The summed E-state index contributed by atoms with van der Waals surface area (Å²) in [6.07, 6.45) is 1.42. The summed E-state index contributed by atoms with van der Waals surface area (Å²) >= 11 is 0. The van der Waals surface area contributed by atoms with Crippen molar-refractivity contribution in [2.45, 2.75) is 72.8 Å². The van der Waals surface area contributed by atoms with Crippen molar-refractivity contribution in [1.82, 2.24) is 5.48 Å². The van der Waals surface area contributed by atoms with E-state index in [-0.39, 0.29) is 17.4 Å². The van der Waals surface area contributed by atoms with Crippen molar-refractivity contribution in [2.24, 2.45) is 5.41 Å². The highest BCUT2D eigenvalue weighted by Crippen LogP contribution is 2.41. The minimum atomic E-state index is -0.524. The number of nitrogens with one attached hydrogen (secondary N) is 1. The van der Waals surface area contributed by atoms with E-state index in [1.165, 1.54) is 11.1 Å². The first-order chi connectivity index (χ1) is 15.1. The average molecular weight is 444 g/mol. The van der Waals surface area contributed by atoms with Crippen LogP contribution >= 0.6 is 0 Å². The molecule has 2 aromatic rings. The second-order valence-corrected chi connectivity index (χ2v) is 9.70. The van der Waals surface area contributed by atoms with Crippen molar-refractivity contribution in [2.75, 3.05) is 19.8 Å². The van der Waals surface area contributed by atoms with Crippen molar-refractivity contribution >= 4 is 0 Å². The van der Waals surface area contributed by atoms with Crippen molar-refractivity contribution in [3.63, 3.8) is 0 Å². The van der Waals surface area contributed by atoms with Crippen LogP contribution in [0.15, 0.2) is 36.4 Å². The summed E-state index contributed by atoms with van der Waals surface area (Å²) in [7, 11) is 0. The molecule has 0 saturated carbocycles. The number of ether oxygens (including phenoxy) is 2. The van der Waals surface area contributed by atoms with Crippen LogP contribution in [0.25, 0.3) is 0 Å². The number of benzene rings is 2. The lowest BCUT2D eigenvalue weighted by Crippen LogP contribution is -2.32. The molecule has 5 nitrogen and oxygen atoms in total. The normalized spacial score (nSPS) is 13.2. The molecule has 1 unspecified atom stereocenters. The predicted octanol–water partition coefficient (Wildman–Crippen LogP) is 5.55. The first-order valence-corrected chi connectivity index (χ1v) is 11.6. The van der Waals surface area contributed by atoms with E-state index < -0.39 is 6.10 Å². The third-order valence-electron chi connectivity index (χ3n) is 6.53. The molecule has 5 heteroatoms. The Balaban J connectivity index is 2.31. The fourth-order valence-corrected chi connectivity index (χ4v) is 4.08. The molecular weight excluding hydrogens is 402 g/mol. The molecule has 0 aliphatic heterocycles. The van der Waals surface area contributed by atoms with Crippen molar-refractivity contribution in [1.29, 1.82) is 0 Å². The van der Waals surface area contributed by atoms with Gasteiger partial charge in [0.1, 0.15) is 24.7 Å². The van der Waals surface area contributed by atoms with Gasteiger partial charge in [0.15, 0.2) is 0 Å². The average Bonchev–Trinajstić information content (AvgIpc) is 2.75. The van der Waals surface area contributed by atoms with Crippen LogP contribution in [0.2, 0.25) is 0 Å². The maximum Gasteiger partial charge on any atom is 0.122 e. The van der Waals surface area contributed by atoms with Crippen molar-refractivity contribution in [3.8, 4) is 11.5 Å². The Hall–Kier alpha value is -2.08. The quantitative estimate of drug-likeness (QED) is 0.314. The van der Waals surface area contributed by atoms with Gasteiger partial charge >= 0.3 is 0 Å². The molecule has 0 aliphatic rings. The number of aliphatic hydroxyl groups excluding tert-OH is 1. The Morgan fingerprint density at radius 1 is 0.875 bits per heavy atom. The van der Waals surface area contributed by atoms with Gasteiger partial charge < -0.3 is 19.8 Å². The topological polar surface area (TPSA) is 71.0 Å². The zero-order chi connectivity index (χ0) is 23.9. The third kappa shape index (κ3) is 6.03. The summed E-state index contributed by atoms with van der Waals surface area (Å²) in [4.78, 5) is 0. The lowest BCUT2D eigenvalue weighted by Gasteiger charge is -2.34. The van der Waals surface area contributed by atoms with Gasteiger partial charge in [0.2, 0.25) is 0 Å². The van der Waals surface area contributed by atoms with Crippen molar-refractivity contribution < 1.29 is 19.8 Å². The maximum absolute atomic E-state index is 10.3. The third-order valence-corrected chi connectivity index (χ3v) is 6.53. The zero-order valence-corrected chi connectivity index (χ0v) is 20.8. The van der Waals surface area contributed by atoms with E-state index in [1.807, 2.05) is 32.9 Å². The summed E-state index contributed by atoms with van der Waals surface area (Å²) in [6, 6.07) is 12.8. The van der Waals surface area contributed by atoms with E-state index >= 15 is 0 Å². The molecule has 0 amide bonds. The lowest BCUT2D eigenvalue weighted by atomic mass is 9.70. The molecule has 0 saturated heterocycles. The summed E-state index contributed by atoms with van der Waals surface area (Å²) in [5, 5.41) is 19.1. The Labute approximate surface area is 193 Å². The fraction of sp³-hybridized carbons (Fsp3) is 0.556. The predicted molar refractivity (Wildman–Crippen MR) is 130 cm³/mol. The second-order valence-electron chi connectivity index (χ2n) is 9.70. The van der Waals surface area contributed by atoms with Gasteiger partial charge in [-0.05, 0) is 66.5 Å². The summed E-state index contributed by atoms with van der Waals surface area (Å²) in [5.74, 6) is 1.65. The Kier molecular flexibility index (Phi) is 9.14. The van der Waals surface area contributed by atoms with E-state index in [2.05, 4.69) is 57.4 Å². The van der Waals surface area contributed by atoms with E-state index in [0.717, 1.165) is 35.5 Å². The molecule has 32 heavy (non-hydrogen) atoms. The number of hydrogen-bond acceptors (Lipinski definition) is 5. The summed E-state index contributed by atoms with van der Waals surface area (Å²) < 4.78 is 11.7. The highest BCUT2D eigenvalue weighted by atomic mass is 16.5. The summed E-state index contributed by atoms with van der Waals surface area (Å²) in [6.45, 7) is 15.7. The molecule has 1 atom stereocenters. The van der Waals surface area contributed by atoms with Gasteiger partial charge in [-0.2, -0.15) is 0 Å². The second kappa shape index (κ2) is 11.2. The van der Waals surface area contributed by atoms with Gasteiger partial charge in [-0.3, -0.25) is 0 Å². The van der Waals surface area contributed by atoms with E-state index in [4.69, 9.17) is 14.7 Å². The van der Waals surface area contributed by atoms with Crippen LogP contribution in [0.5, 0.6) is 11.5 Å². The molecule has 0 spiro atoms. The molecule has 3 N–H and O–H groups in total. The molecule has 0 bridgehead atoms. The molecule has 0 fully saturated rings. The number of hydrogen-bond donors (Lipinski definition) is 3. The monoisotopic (exact) mass is 443 g/mol. The molecule has 0 radical (unpaired) electrons. The van der Waals surface area contributed by atoms with Gasteiger partial charge in [0.05, 0.1) is 12.6 Å². The smallest absolute Gasteiger partial charge is 0.122 e. The van der Waals surface area contributed by atoms with Crippen LogP contribution in [0.1, 0.15) is 69.7 Å². The van der Waals surface area contributed by atoms with Gasteiger partial charge in [-0.25, -0.2) is 5.48 Å². The largest absolute Gasteiger partial charge is 0.492 e. The molecule has 0 aliphatic carbocycles. The van der Waals surface area contributed by atoms with E-state index in [1.54, 1.807) is 0 Å². The van der Waals surface area contributed by atoms with Crippen LogP contribution in [0.4, 0.5) is 0 Å². The fourth-order valence-electron chi connectivity index (χ4n) is 4.08. The maximum atomic E-state index is 10.3. The minimum Gasteiger partial charge on any atom is -0.492 e. The minimum absolute atomic E-state index is 0.107. The van der Waals surface area contributed by atoms with Crippen molar-refractivity contribution in [3.05, 3.63) is 58.7 Å². The first kappa shape index (κ1) is 26.2. The molecule has 0 heterocycles. The van der Waals surface area contributed by atoms with Gasteiger partial charge in [-0.15, -0.1) is 0 Å². The highest BCUT2D eigenvalue weighted by molar-refractivity contribution is 5.48.